The first-order chi connectivity index (χ1) is 9.15. The molecule has 0 aromatic heterocycles. The lowest BCUT2D eigenvalue weighted by molar-refractivity contribution is -0.125. The van der Waals surface area contributed by atoms with E-state index >= 15 is 0 Å². The average Bonchev–Trinajstić information content (AvgIpc) is 3.20. The van der Waals surface area contributed by atoms with Crippen molar-refractivity contribution in [2.45, 2.75) is 25.9 Å². The van der Waals surface area contributed by atoms with Crippen molar-refractivity contribution in [2.75, 3.05) is 18.5 Å². The van der Waals surface area contributed by atoms with E-state index in [4.69, 9.17) is 15.2 Å². The Morgan fingerprint density at radius 3 is 3.00 bits per heavy atom. The van der Waals surface area contributed by atoms with Gasteiger partial charge in [0.25, 0.3) is 5.91 Å². The Morgan fingerprint density at radius 1 is 1.53 bits per heavy atom. The van der Waals surface area contributed by atoms with Gasteiger partial charge in [-0.3, -0.25) is 4.79 Å². The molecule has 102 valence electrons. The molecule has 3 rings (SSSR count). The van der Waals surface area contributed by atoms with Gasteiger partial charge in [0.05, 0.1) is 5.69 Å². The number of nitrogens with one attached hydrogen (secondary N) is 1. The van der Waals surface area contributed by atoms with E-state index in [0.29, 0.717) is 12.4 Å². The third kappa shape index (κ3) is 2.45. The highest BCUT2D eigenvalue weighted by Crippen LogP contribution is 2.38. The Bertz CT molecular complexity index is 512. The zero-order valence-electron chi connectivity index (χ0n) is 10.9. The number of anilines is 1. The third-order valence-electron chi connectivity index (χ3n) is 3.53. The fourth-order valence-electron chi connectivity index (χ4n) is 2.40. The lowest BCUT2D eigenvalue weighted by atomic mass is 10.1. The molecule has 2 aliphatic rings. The maximum Gasteiger partial charge on any atom is 0.258 e. The summed E-state index contributed by atoms with van der Waals surface area (Å²) in [6.45, 7) is 3.43. The van der Waals surface area contributed by atoms with Crippen LogP contribution < -0.4 is 20.5 Å². The smallest absolute Gasteiger partial charge is 0.258 e. The number of carbonyl (C=O) groups is 1. The molecule has 1 atom stereocenters. The highest BCUT2D eigenvalue weighted by Gasteiger charge is 2.37. The van der Waals surface area contributed by atoms with Gasteiger partial charge in [0.2, 0.25) is 0 Å². The second kappa shape index (κ2) is 4.64. The maximum atomic E-state index is 11.4. The predicted octanol–water partition coefficient (Wildman–Crippen LogP) is 1.44. The number of hydrogen-bond donors (Lipinski definition) is 2. The SMILES string of the molecule is Cc1cc(O[C@@H](C(N)=O)C2CC2)cc2c1NCCO2. The van der Waals surface area contributed by atoms with Gasteiger partial charge in [0.1, 0.15) is 18.1 Å². The topological polar surface area (TPSA) is 73.6 Å². The van der Waals surface area contributed by atoms with Crippen molar-refractivity contribution < 1.29 is 14.3 Å². The van der Waals surface area contributed by atoms with Gasteiger partial charge >= 0.3 is 0 Å². The van der Waals surface area contributed by atoms with Crippen LogP contribution in [0.25, 0.3) is 0 Å². The summed E-state index contributed by atoms with van der Waals surface area (Å²) in [5.41, 5.74) is 7.44. The van der Waals surface area contributed by atoms with E-state index < -0.39 is 12.0 Å². The van der Waals surface area contributed by atoms with Crippen molar-refractivity contribution in [2.24, 2.45) is 11.7 Å². The molecule has 0 bridgehead atoms. The van der Waals surface area contributed by atoms with Gasteiger partial charge < -0.3 is 20.5 Å². The molecule has 1 aliphatic carbocycles. The Balaban J connectivity index is 1.84. The van der Waals surface area contributed by atoms with Gasteiger partial charge in [0, 0.05) is 18.5 Å². The molecule has 3 N–H and O–H groups in total. The first-order valence-corrected chi connectivity index (χ1v) is 6.62. The quantitative estimate of drug-likeness (QED) is 0.861. The van der Waals surface area contributed by atoms with Crippen LogP contribution in [0.5, 0.6) is 11.5 Å². The number of fused-ring (bicyclic) bond motifs is 1. The lowest BCUT2D eigenvalue weighted by Crippen LogP contribution is -2.35. The van der Waals surface area contributed by atoms with E-state index in [9.17, 15) is 4.79 Å². The zero-order valence-corrected chi connectivity index (χ0v) is 10.9. The van der Waals surface area contributed by atoms with Gasteiger partial charge in [-0.05, 0) is 31.4 Å². The molecule has 0 unspecified atom stereocenters. The minimum absolute atomic E-state index is 0.271. The van der Waals surface area contributed by atoms with Gasteiger partial charge in [-0.1, -0.05) is 0 Å². The molecule has 1 aliphatic heterocycles. The van der Waals surface area contributed by atoms with Crippen LogP contribution in [-0.2, 0) is 4.79 Å². The Morgan fingerprint density at radius 2 is 2.32 bits per heavy atom. The summed E-state index contributed by atoms with van der Waals surface area (Å²) in [5.74, 6) is 1.31. The molecule has 1 heterocycles. The Hall–Kier alpha value is -1.91. The molecule has 5 heteroatoms. The van der Waals surface area contributed by atoms with Crippen molar-refractivity contribution in [3.8, 4) is 11.5 Å². The second-order valence-electron chi connectivity index (χ2n) is 5.17. The van der Waals surface area contributed by atoms with Crippen LogP contribution >= 0.6 is 0 Å². The van der Waals surface area contributed by atoms with Crippen molar-refractivity contribution in [3.63, 3.8) is 0 Å². The van der Waals surface area contributed by atoms with Gasteiger partial charge in [-0.25, -0.2) is 0 Å². The highest BCUT2D eigenvalue weighted by atomic mass is 16.5. The van der Waals surface area contributed by atoms with Crippen LogP contribution in [0.2, 0.25) is 0 Å². The fourth-order valence-corrected chi connectivity index (χ4v) is 2.40. The van der Waals surface area contributed by atoms with E-state index in [1.165, 1.54) is 0 Å². The van der Waals surface area contributed by atoms with Crippen LogP contribution in [0.4, 0.5) is 5.69 Å². The summed E-state index contributed by atoms with van der Waals surface area (Å²) >= 11 is 0. The summed E-state index contributed by atoms with van der Waals surface area (Å²) in [7, 11) is 0. The Kier molecular flexibility index (Phi) is 2.97. The molecule has 0 radical (unpaired) electrons. The summed E-state index contributed by atoms with van der Waals surface area (Å²) < 4.78 is 11.4. The summed E-state index contributed by atoms with van der Waals surface area (Å²) in [6.07, 6.45) is 1.50. The monoisotopic (exact) mass is 262 g/mol. The molecule has 1 saturated carbocycles. The predicted molar refractivity (Wildman–Crippen MR) is 71.5 cm³/mol. The molecule has 5 nitrogen and oxygen atoms in total. The number of rotatable bonds is 4. The minimum atomic E-state index is -0.519. The van der Waals surface area contributed by atoms with E-state index in [1.807, 2.05) is 19.1 Å². The molecule has 1 amide bonds. The molecule has 0 spiro atoms. The average molecular weight is 262 g/mol. The first-order valence-electron chi connectivity index (χ1n) is 6.62. The van der Waals surface area contributed by atoms with Gasteiger partial charge in [-0.2, -0.15) is 0 Å². The zero-order chi connectivity index (χ0) is 13.4. The number of hydrogen-bond acceptors (Lipinski definition) is 4. The molecule has 1 aromatic carbocycles. The van der Waals surface area contributed by atoms with Gasteiger partial charge in [0.15, 0.2) is 6.10 Å². The number of amides is 1. The van der Waals surface area contributed by atoms with Crippen LogP contribution in [-0.4, -0.2) is 25.2 Å². The minimum Gasteiger partial charge on any atom is -0.489 e. The summed E-state index contributed by atoms with van der Waals surface area (Å²) in [5, 5.41) is 3.30. The van der Waals surface area contributed by atoms with Crippen LogP contribution in [0.3, 0.4) is 0 Å². The highest BCUT2D eigenvalue weighted by molar-refractivity contribution is 5.80. The summed E-state index contributed by atoms with van der Waals surface area (Å²) in [4.78, 5) is 11.4. The number of nitrogens with two attached hydrogens (primary N) is 1. The van der Waals surface area contributed by atoms with Crippen molar-refractivity contribution in [3.05, 3.63) is 17.7 Å². The molecule has 19 heavy (non-hydrogen) atoms. The number of carbonyl (C=O) groups excluding carboxylic acids is 1. The van der Waals surface area contributed by atoms with E-state index in [1.54, 1.807) is 0 Å². The lowest BCUT2D eigenvalue weighted by Gasteiger charge is -2.23. The van der Waals surface area contributed by atoms with Crippen LogP contribution in [0, 0.1) is 12.8 Å². The second-order valence-corrected chi connectivity index (χ2v) is 5.17. The fraction of sp³-hybridized carbons (Fsp3) is 0.500. The van der Waals surface area contributed by atoms with Crippen LogP contribution in [0.1, 0.15) is 18.4 Å². The normalized spacial score (nSPS) is 18.8. The number of primary amides is 1. The van der Waals surface area contributed by atoms with E-state index in [0.717, 1.165) is 36.4 Å². The molecular weight excluding hydrogens is 244 g/mol. The Labute approximate surface area is 112 Å². The number of ether oxygens (including phenoxy) is 2. The van der Waals surface area contributed by atoms with Crippen molar-refractivity contribution in [1.82, 2.24) is 0 Å². The maximum absolute atomic E-state index is 11.4. The largest absolute Gasteiger partial charge is 0.489 e. The van der Waals surface area contributed by atoms with Gasteiger partial charge in [-0.15, -0.1) is 0 Å². The third-order valence-corrected chi connectivity index (χ3v) is 3.53. The summed E-state index contributed by atoms with van der Waals surface area (Å²) in [6, 6.07) is 3.74. The van der Waals surface area contributed by atoms with E-state index in [2.05, 4.69) is 5.32 Å². The standard InChI is InChI=1S/C14H18N2O3/c1-8-6-10(7-11-12(8)16-4-5-18-11)19-13(14(15)17)9-2-3-9/h6-7,9,13,16H,2-5H2,1H3,(H2,15,17)/t13-/m1/s1. The molecule has 1 aromatic rings. The number of benzene rings is 1. The van der Waals surface area contributed by atoms with Crippen molar-refractivity contribution >= 4 is 11.6 Å². The molecule has 1 fully saturated rings. The van der Waals surface area contributed by atoms with E-state index in [-0.39, 0.29) is 5.92 Å². The molecule has 0 saturated heterocycles. The number of aryl methyl sites for hydroxylation is 1. The first kappa shape index (κ1) is 12.1. The van der Waals surface area contributed by atoms with Crippen molar-refractivity contribution in [1.29, 1.82) is 0 Å². The molecular formula is C14H18N2O3. The van der Waals surface area contributed by atoms with Crippen LogP contribution in [0.15, 0.2) is 12.1 Å².